The van der Waals surface area contributed by atoms with Crippen molar-refractivity contribution in [3.8, 4) is 11.4 Å². The van der Waals surface area contributed by atoms with Crippen molar-refractivity contribution in [1.82, 2.24) is 14.8 Å². The maximum absolute atomic E-state index is 14.6. The van der Waals surface area contributed by atoms with E-state index in [2.05, 4.69) is 14.9 Å². The zero-order valence-electron chi connectivity index (χ0n) is 17.0. The number of nitrogens with zero attached hydrogens (tertiary/aromatic N) is 3. The van der Waals surface area contributed by atoms with Crippen molar-refractivity contribution >= 4 is 27.3 Å². The highest BCUT2D eigenvalue weighted by Crippen LogP contribution is 2.28. The quantitative estimate of drug-likeness (QED) is 0.512. The largest absolute Gasteiger partial charge is 0.311 e. The van der Waals surface area contributed by atoms with Crippen LogP contribution >= 0.6 is 11.6 Å². The zero-order valence-corrected chi connectivity index (χ0v) is 18.6. The van der Waals surface area contributed by atoms with E-state index in [1.165, 1.54) is 18.2 Å². The molecule has 31 heavy (non-hydrogen) atoms. The fourth-order valence-corrected chi connectivity index (χ4v) is 4.95. The number of nitrogens with one attached hydrogen (secondary N) is 1. The van der Waals surface area contributed by atoms with Crippen molar-refractivity contribution < 1.29 is 12.8 Å². The predicted molar refractivity (Wildman–Crippen MR) is 119 cm³/mol. The lowest BCUT2D eigenvalue weighted by Crippen LogP contribution is -2.13. The number of alkyl halides is 1. The third-order valence-corrected chi connectivity index (χ3v) is 7.07. The molecule has 0 spiro atoms. The number of benzene rings is 2. The molecule has 0 saturated heterocycles. The first-order chi connectivity index (χ1) is 15.0. The van der Waals surface area contributed by atoms with E-state index in [1.54, 1.807) is 24.3 Å². The van der Waals surface area contributed by atoms with Crippen LogP contribution in [0, 0.1) is 5.82 Å². The Morgan fingerprint density at radius 2 is 1.87 bits per heavy atom. The summed E-state index contributed by atoms with van der Waals surface area (Å²) in [5.74, 6) is 1.36. The minimum Gasteiger partial charge on any atom is -0.311 e. The van der Waals surface area contributed by atoms with Gasteiger partial charge in [0.05, 0.1) is 10.5 Å². The van der Waals surface area contributed by atoms with E-state index in [4.69, 9.17) is 11.6 Å². The second-order valence-electron chi connectivity index (χ2n) is 7.64. The molecule has 4 rings (SSSR count). The van der Waals surface area contributed by atoms with Crippen LogP contribution in [-0.2, 0) is 29.4 Å². The second kappa shape index (κ2) is 9.36. The molecule has 164 valence electrons. The molecule has 0 radical (unpaired) electrons. The summed E-state index contributed by atoms with van der Waals surface area (Å²) in [6.07, 6.45) is 5.54. The van der Waals surface area contributed by atoms with Gasteiger partial charge in [0, 0.05) is 24.5 Å². The molecule has 0 fully saturated rings. The standard InChI is InChI=1S/C22H24ClFN4O2S/c23-13-4-5-16-7-10-18(11-8-16)31(29,30)27-17-9-12-20(24)19(15-17)22-26-25-21-6-2-1-3-14-28(21)22/h7-12,15,27H,1-6,13-14H2. The number of halogens is 2. The summed E-state index contributed by atoms with van der Waals surface area (Å²) in [7, 11) is -3.81. The number of sulfonamides is 1. The maximum atomic E-state index is 14.6. The van der Waals surface area contributed by atoms with E-state index < -0.39 is 15.8 Å². The molecule has 0 unspecified atom stereocenters. The summed E-state index contributed by atoms with van der Waals surface area (Å²) in [6, 6.07) is 10.8. The van der Waals surface area contributed by atoms with Gasteiger partial charge in [0.1, 0.15) is 11.6 Å². The predicted octanol–water partition coefficient (Wildman–Crippen LogP) is 4.78. The van der Waals surface area contributed by atoms with Crippen molar-refractivity contribution in [2.45, 2.75) is 50.0 Å². The Labute approximate surface area is 186 Å². The van der Waals surface area contributed by atoms with E-state index >= 15 is 0 Å². The van der Waals surface area contributed by atoms with Gasteiger partial charge in [-0.15, -0.1) is 21.8 Å². The number of fused-ring (bicyclic) bond motifs is 1. The van der Waals surface area contributed by atoms with Gasteiger partial charge < -0.3 is 4.57 Å². The van der Waals surface area contributed by atoms with Gasteiger partial charge >= 0.3 is 0 Å². The molecular formula is C22H24ClFN4O2S. The second-order valence-corrected chi connectivity index (χ2v) is 9.70. The smallest absolute Gasteiger partial charge is 0.261 e. The van der Waals surface area contributed by atoms with Gasteiger partial charge in [-0.1, -0.05) is 18.6 Å². The van der Waals surface area contributed by atoms with Gasteiger partial charge in [-0.05, 0) is 61.6 Å². The van der Waals surface area contributed by atoms with Crippen LogP contribution in [0.25, 0.3) is 11.4 Å². The van der Waals surface area contributed by atoms with Crippen LogP contribution in [0.3, 0.4) is 0 Å². The topological polar surface area (TPSA) is 76.9 Å². The van der Waals surface area contributed by atoms with E-state index in [0.29, 0.717) is 11.7 Å². The molecule has 6 nitrogen and oxygen atoms in total. The van der Waals surface area contributed by atoms with Crippen molar-refractivity contribution in [2.24, 2.45) is 0 Å². The summed E-state index contributed by atoms with van der Waals surface area (Å²) >= 11 is 5.71. The third kappa shape index (κ3) is 4.91. The lowest BCUT2D eigenvalue weighted by atomic mass is 10.1. The fourth-order valence-electron chi connectivity index (χ4n) is 3.76. The highest BCUT2D eigenvalue weighted by atomic mass is 35.5. The van der Waals surface area contributed by atoms with E-state index in [9.17, 15) is 12.8 Å². The minimum absolute atomic E-state index is 0.143. The van der Waals surface area contributed by atoms with Crippen LogP contribution in [0.15, 0.2) is 47.4 Å². The normalized spacial score (nSPS) is 14.1. The molecule has 1 N–H and O–H groups in total. The molecule has 3 aromatic rings. The van der Waals surface area contributed by atoms with E-state index in [1.807, 2.05) is 4.57 Å². The molecule has 9 heteroatoms. The fraction of sp³-hybridized carbons (Fsp3) is 0.364. The Kier molecular flexibility index (Phi) is 6.57. The van der Waals surface area contributed by atoms with Crippen LogP contribution in [0.4, 0.5) is 10.1 Å². The highest BCUT2D eigenvalue weighted by Gasteiger charge is 2.20. The minimum atomic E-state index is -3.81. The molecule has 0 atom stereocenters. The van der Waals surface area contributed by atoms with Crippen LogP contribution in [-0.4, -0.2) is 29.1 Å². The molecular weight excluding hydrogens is 439 g/mol. The van der Waals surface area contributed by atoms with Crippen LogP contribution < -0.4 is 4.72 Å². The van der Waals surface area contributed by atoms with E-state index in [0.717, 1.165) is 56.5 Å². The van der Waals surface area contributed by atoms with Crippen molar-refractivity contribution in [3.05, 3.63) is 59.7 Å². The molecule has 0 amide bonds. The van der Waals surface area contributed by atoms with Crippen molar-refractivity contribution in [2.75, 3.05) is 10.6 Å². The summed E-state index contributed by atoms with van der Waals surface area (Å²) in [4.78, 5) is 0.143. The Morgan fingerprint density at radius 3 is 2.65 bits per heavy atom. The number of rotatable bonds is 7. The Morgan fingerprint density at radius 1 is 1.06 bits per heavy atom. The third-order valence-electron chi connectivity index (χ3n) is 5.40. The average molecular weight is 463 g/mol. The van der Waals surface area contributed by atoms with Gasteiger partial charge in [-0.25, -0.2) is 12.8 Å². The Balaban J connectivity index is 1.59. The Hall–Kier alpha value is -2.45. The molecule has 0 bridgehead atoms. The average Bonchev–Trinajstić information content (AvgIpc) is 3.01. The van der Waals surface area contributed by atoms with Gasteiger partial charge in [-0.3, -0.25) is 4.72 Å². The first-order valence-corrected chi connectivity index (χ1v) is 12.4. The Bertz CT molecular complexity index is 1160. The number of aryl methyl sites for hydroxylation is 2. The molecule has 2 heterocycles. The van der Waals surface area contributed by atoms with Crippen LogP contribution in [0.1, 0.15) is 37.1 Å². The molecule has 1 aromatic heterocycles. The van der Waals surface area contributed by atoms with Gasteiger partial charge in [0.15, 0.2) is 5.82 Å². The first kappa shape index (κ1) is 21.8. The number of anilines is 1. The summed E-state index contributed by atoms with van der Waals surface area (Å²) in [6.45, 7) is 0.725. The summed E-state index contributed by atoms with van der Waals surface area (Å²) in [5.41, 5.74) is 1.53. The molecule has 2 aromatic carbocycles. The van der Waals surface area contributed by atoms with Crippen molar-refractivity contribution in [3.63, 3.8) is 0 Å². The molecule has 1 aliphatic rings. The molecule has 0 saturated carbocycles. The maximum Gasteiger partial charge on any atom is 0.261 e. The van der Waals surface area contributed by atoms with Crippen LogP contribution in [0.2, 0.25) is 0 Å². The zero-order chi connectivity index (χ0) is 21.8. The summed E-state index contributed by atoms with van der Waals surface area (Å²) in [5, 5.41) is 8.40. The number of aromatic nitrogens is 3. The molecule has 0 aliphatic carbocycles. The number of hydrogen-bond donors (Lipinski definition) is 1. The van der Waals surface area contributed by atoms with Gasteiger partial charge in [0.25, 0.3) is 10.0 Å². The van der Waals surface area contributed by atoms with E-state index in [-0.39, 0.29) is 16.1 Å². The van der Waals surface area contributed by atoms with Crippen molar-refractivity contribution in [1.29, 1.82) is 0 Å². The van der Waals surface area contributed by atoms with Gasteiger partial charge in [-0.2, -0.15) is 0 Å². The lowest BCUT2D eigenvalue weighted by molar-refractivity contribution is 0.601. The lowest BCUT2D eigenvalue weighted by Gasteiger charge is -2.12. The monoisotopic (exact) mass is 462 g/mol. The first-order valence-electron chi connectivity index (χ1n) is 10.4. The van der Waals surface area contributed by atoms with Gasteiger partial charge in [0.2, 0.25) is 0 Å². The molecule has 1 aliphatic heterocycles. The SMILES string of the molecule is O=S(=O)(Nc1ccc(F)c(-c2nnc3n2CCCCC3)c1)c1ccc(CCCCl)cc1. The summed E-state index contributed by atoms with van der Waals surface area (Å²) < 4.78 is 44.8. The van der Waals surface area contributed by atoms with Crippen LogP contribution in [0.5, 0.6) is 0 Å². The number of hydrogen-bond acceptors (Lipinski definition) is 4. The highest BCUT2D eigenvalue weighted by molar-refractivity contribution is 7.92.